The first-order valence-electron chi connectivity index (χ1n) is 13.1. The zero-order chi connectivity index (χ0) is 32.3. The fourth-order valence-electron chi connectivity index (χ4n) is 3.72. The van der Waals surface area contributed by atoms with Gasteiger partial charge in [0.1, 0.15) is 11.5 Å². The first-order valence-corrected chi connectivity index (χ1v) is 13.8. The van der Waals surface area contributed by atoms with Crippen molar-refractivity contribution in [2.24, 2.45) is 5.10 Å². The maximum absolute atomic E-state index is 12.8. The highest BCUT2D eigenvalue weighted by Crippen LogP contribution is 2.28. The molecule has 0 fully saturated rings. The van der Waals surface area contributed by atoms with Gasteiger partial charge in [-0.05, 0) is 78.9 Å². The molecule has 4 rings (SSSR count). The standard InChI is InChI=1S/C32H25Cl2N3O8/c1-42-26-14-8-21(15-28(26)43-2)30(39)35-18-29(38)37-36-17-22-7-13-25(44-31(40)19-3-9-23(33)10-4-19)16-27(22)45-32(41)20-5-11-24(34)12-6-20/h3-17H,18H2,1-2H3,(H,35,39)(H,37,38). The third-order valence-electron chi connectivity index (χ3n) is 6.01. The van der Waals surface area contributed by atoms with E-state index in [-0.39, 0.29) is 40.3 Å². The van der Waals surface area contributed by atoms with Crippen LogP contribution in [-0.4, -0.2) is 50.7 Å². The average molecular weight is 650 g/mol. The smallest absolute Gasteiger partial charge is 0.343 e. The molecule has 4 aromatic carbocycles. The van der Waals surface area contributed by atoms with Crippen molar-refractivity contribution in [2.45, 2.75) is 0 Å². The Morgan fingerprint density at radius 3 is 1.87 bits per heavy atom. The molecule has 0 aliphatic carbocycles. The molecule has 0 aliphatic rings. The number of ether oxygens (including phenoxy) is 4. The third kappa shape index (κ3) is 9.05. The van der Waals surface area contributed by atoms with Crippen LogP contribution in [0.15, 0.2) is 90.0 Å². The topological polar surface area (TPSA) is 142 Å². The number of hydrogen-bond donors (Lipinski definition) is 2. The lowest BCUT2D eigenvalue weighted by Gasteiger charge is -2.11. The minimum absolute atomic E-state index is 0.0175. The molecule has 2 N–H and O–H groups in total. The van der Waals surface area contributed by atoms with E-state index in [1.807, 2.05) is 0 Å². The van der Waals surface area contributed by atoms with E-state index in [0.29, 0.717) is 21.5 Å². The quantitative estimate of drug-likeness (QED) is 0.0961. The molecule has 230 valence electrons. The summed E-state index contributed by atoms with van der Waals surface area (Å²) in [5.41, 5.74) is 3.28. The van der Waals surface area contributed by atoms with E-state index in [2.05, 4.69) is 15.8 Å². The fourth-order valence-corrected chi connectivity index (χ4v) is 3.98. The number of hydrazone groups is 1. The predicted octanol–water partition coefficient (Wildman–Crippen LogP) is 5.33. The number of hydrogen-bond acceptors (Lipinski definition) is 9. The second-order valence-electron chi connectivity index (χ2n) is 9.04. The second kappa shape index (κ2) is 15.4. The van der Waals surface area contributed by atoms with Gasteiger partial charge in [-0.3, -0.25) is 9.59 Å². The van der Waals surface area contributed by atoms with Gasteiger partial charge in [-0.2, -0.15) is 5.10 Å². The van der Waals surface area contributed by atoms with Crippen molar-refractivity contribution in [2.75, 3.05) is 20.8 Å². The Bertz CT molecular complexity index is 1740. The highest BCUT2D eigenvalue weighted by atomic mass is 35.5. The highest BCUT2D eigenvalue weighted by Gasteiger charge is 2.16. The van der Waals surface area contributed by atoms with Crippen LogP contribution in [0.2, 0.25) is 10.0 Å². The molecule has 0 atom stereocenters. The molecule has 0 saturated heterocycles. The normalized spacial score (nSPS) is 10.6. The van der Waals surface area contributed by atoms with Gasteiger partial charge in [0, 0.05) is 27.2 Å². The van der Waals surface area contributed by atoms with Crippen LogP contribution in [0, 0.1) is 0 Å². The number of carbonyl (C=O) groups excluding carboxylic acids is 4. The number of nitrogens with one attached hydrogen (secondary N) is 2. The molecule has 11 nitrogen and oxygen atoms in total. The molecular weight excluding hydrogens is 625 g/mol. The molecule has 0 aromatic heterocycles. The number of rotatable bonds is 11. The summed E-state index contributed by atoms with van der Waals surface area (Å²) in [4.78, 5) is 50.3. The number of benzene rings is 4. The van der Waals surface area contributed by atoms with Crippen LogP contribution >= 0.6 is 23.2 Å². The van der Waals surface area contributed by atoms with Gasteiger partial charge in [-0.15, -0.1) is 0 Å². The molecular formula is C32H25Cl2N3O8. The van der Waals surface area contributed by atoms with Crippen molar-refractivity contribution < 1.29 is 38.1 Å². The van der Waals surface area contributed by atoms with E-state index in [1.54, 1.807) is 18.2 Å². The summed E-state index contributed by atoms with van der Waals surface area (Å²) in [6.07, 6.45) is 1.23. The van der Waals surface area contributed by atoms with Crippen LogP contribution in [0.5, 0.6) is 23.0 Å². The molecule has 0 saturated carbocycles. The van der Waals surface area contributed by atoms with Crippen LogP contribution < -0.4 is 29.7 Å². The van der Waals surface area contributed by atoms with E-state index in [4.69, 9.17) is 42.1 Å². The van der Waals surface area contributed by atoms with Gasteiger partial charge in [0.25, 0.3) is 11.8 Å². The lowest BCUT2D eigenvalue weighted by Crippen LogP contribution is -2.34. The zero-order valence-electron chi connectivity index (χ0n) is 23.8. The van der Waals surface area contributed by atoms with E-state index in [9.17, 15) is 19.2 Å². The van der Waals surface area contributed by atoms with Crippen LogP contribution in [-0.2, 0) is 4.79 Å². The Labute approximate surface area is 267 Å². The Balaban J connectivity index is 1.44. The Morgan fingerprint density at radius 2 is 1.27 bits per heavy atom. The molecule has 0 aliphatic heterocycles. The van der Waals surface area contributed by atoms with Crippen LogP contribution in [0.4, 0.5) is 0 Å². The molecule has 0 bridgehead atoms. The Hall–Kier alpha value is -5.39. The molecule has 0 radical (unpaired) electrons. The number of methoxy groups -OCH3 is 2. The average Bonchev–Trinajstić information content (AvgIpc) is 3.04. The third-order valence-corrected chi connectivity index (χ3v) is 6.51. The summed E-state index contributed by atoms with van der Waals surface area (Å²) in [5, 5.41) is 7.28. The predicted molar refractivity (Wildman–Crippen MR) is 167 cm³/mol. The fraction of sp³-hybridized carbons (Fsp3) is 0.0938. The SMILES string of the molecule is COc1ccc(C(=O)NCC(=O)NN=Cc2ccc(OC(=O)c3ccc(Cl)cc3)cc2OC(=O)c2ccc(Cl)cc2)cc1OC. The first kappa shape index (κ1) is 32.5. The second-order valence-corrected chi connectivity index (χ2v) is 9.91. The Morgan fingerprint density at radius 1 is 0.689 bits per heavy atom. The molecule has 0 spiro atoms. The van der Waals surface area contributed by atoms with Gasteiger partial charge in [-0.1, -0.05) is 23.2 Å². The van der Waals surface area contributed by atoms with Gasteiger partial charge in [0.15, 0.2) is 11.5 Å². The van der Waals surface area contributed by atoms with E-state index >= 15 is 0 Å². The van der Waals surface area contributed by atoms with E-state index in [1.165, 1.54) is 87.2 Å². The zero-order valence-corrected chi connectivity index (χ0v) is 25.3. The molecule has 13 heteroatoms. The van der Waals surface area contributed by atoms with Crippen molar-refractivity contribution in [1.29, 1.82) is 0 Å². The van der Waals surface area contributed by atoms with Gasteiger partial charge in [-0.25, -0.2) is 15.0 Å². The van der Waals surface area contributed by atoms with Crippen molar-refractivity contribution in [1.82, 2.24) is 10.7 Å². The largest absolute Gasteiger partial charge is 0.493 e. The maximum atomic E-state index is 12.8. The van der Waals surface area contributed by atoms with Crippen molar-refractivity contribution in [3.05, 3.63) is 117 Å². The number of esters is 2. The van der Waals surface area contributed by atoms with Crippen molar-refractivity contribution in [3.63, 3.8) is 0 Å². The molecule has 45 heavy (non-hydrogen) atoms. The Kier molecular flexibility index (Phi) is 11.1. The lowest BCUT2D eigenvalue weighted by molar-refractivity contribution is -0.120. The molecule has 4 aromatic rings. The van der Waals surface area contributed by atoms with Crippen molar-refractivity contribution in [3.8, 4) is 23.0 Å². The summed E-state index contributed by atoms with van der Waals surface area (Å²) < 4.78 is 21.4. The first-order chi connectivity index (χ1) is 21.7. The number of halogens is 2. The van der Waals surface area contributed by atoms with Gasteiger partial charge >= 0.3 is 11.9 Å². The number of amides is 2. The summed E-state index contributed by atoms with van der Waals surface area (Å²) in [6, 6.07) is 21.0. The molecule has 0 heterocycles. The summed E-state index contributed by atoms with van der Waals surface area (Å²) in [5.74, 6) is -1.66. The maximum Gasteiger partial charge on any atom is 0.343 e. The number of nitrogens with zero attached hydrogens (tertiary/aromatic N) is 1. The van der Waals surface area contributed by atoms with E-state index < -0.39 is 23.8 Å². The van der Waals surface area contributed by atoms with Crippen LogP contribution in [0.3, 0.4) is 0 Å². The summed E-state index contributed by atoms with van der Waals surface area (Å²) in [6.45, 7) is -0.386. The molecule has 0 unspecified atom stereocenters. The van der Waals surface area contributed by atoms with Gasteiger partial charge < -0.3 is 24.3 Å². The number of carbonyl (C=O) groups is 4. The van der Waals surface area contributed by atoms with Crippen LogP contribution in [0.25, 0.3) is 0 Å². The molecule has 2 amide bonds. The van der Waals surface area contributed by atoms with Gasteiger partial charge in [0.2, 0.25) is 0 Å². The lowest BCUT2D eigenvalue weighted by atomic mass is 10.2. The van der Waals surface area contributed by atoms with Crippen molar-refractivity contribution >= 4 is 53.2 Å². The van der Waals surface area contributed by atoms with Crippen LogP contribution in [0.1, 0.15) is 36.6 Å². The summed E-state index contributed by atoms with van der Waals surface area (Å²) >= 11 is 11.8. The monoisotopic (exact) mass is 649 g/mol. The van der Waals surface area contributed by atoms with E-state index in [0.717, 1.165) is 0 Å². The summed E-state index contributed by atoms with van der Waals surface area (Å²) in [7, 11) is 2.91. The minimum atomic E-state index is -0.718. The highest BCUT2D eigenvalue weighted by molar-refractivity contribution is 6.31. The van der Waals surface area contributed by atoms with Gasteiger partial charge in [0.05, 0.1) is 38.1 Å². The minimum Gasteiger partial charge on any atom is -0.493 e.